The van der Waals surface area contributed by atoms with Gasteiger partial charge in [0.25, 0.3) is 11.1 Å². The minimum Gasteiger partial charge on any atom is -0.394 e. The first kappa shape index (κ1) is 24.6. The van der Waals surface area contributed by atoms with Gasteiger partial charge in [0.15, 0.2) is 0 Å². The van der Waals surface area contributed by atoms with E-state index in [1.54, 1.807) is 48.5 Å². The Bertz CT molecular complexity index is 1550. The molecule has 0 fully saturated rings. The van der Waals surface area contributed by atoms with Crippen LogP contribution in [-0.2, 0) is 0 Å². The summed E-state index contributed by atoms with van der Waals surface area (Å²) in [5.74, 6) is -0.0734. The van der Waals surface area contributed by atoms with Crippen LogP contribution < -0.4 is 22.0 Å². The number of nitrogens with zero attached hydrogens (tertiary/aromatic N) is 4. The van der Waals surface area contributed by atoms with Crippen molar-refractivity contribution in [3.63, 3.8) is 0 Å². The summed E-state index contributed by atoms with van der Waals surface area (Å²) < 4.78 is 0. The molecule has 0 saturated heterocycles. The number of hydrazone groups is 2. The Morgan fingerprint density at radius 3 is 1.97 bits per heavy atom. The van der Waals surface area contributed by atoms with E-state index < -0.39 is 36.0 Å². The van der Waals surface area contributed by atoms with Gasteiger partial charge in [0.1, 0.15) is 24.0 Å². The van der Waals surface area contributed by atoms with Crippen molar-refractivity contribution in [2.45, 2.75) is 18.3 Å². The average molecular weight is 494 g/mol. The molecule has 186 valence electrons. The fourth-order valence-corrected chi connectivity index (χ4v) is 3.22. The van der Waals surface area contributed by atoms with Crippen molar-refractivity contribution >= 4 is 45.6 Å². The van der Waals surface area contributed by atoms with E-state index in [4.69, 9.17) is 5.11 Å². The van der Waals surface area contributed by atoms with Gasteiger partial charge in [-0.3, -0.25) is 19.6 Å². The molecule has 0 bridgehead atoms. The zero-order chi connectivity index (χ0) is 25.7. The lowest BCUT2D eigenvalue weighted by Gasteiger charge is -2.21. The average Bonchev–Trinajstić information content (AvgIpc) is 2.89. The smallest absolute Gasteiger partial charge is 0.260 e. The molecule has 2 heterocycles. The molecule has 0 spiro atoms. The number of benzene rings is 2. The van der Waals surface area contributed by atoms with Crippen LogP contribution in [0.5, 0.6) is 0 Å². The number of para-hydroxylation sites is 2. The maximum absolute atomic E-state index is 12.3. The molecule has 0 aliphatic rings. The summed E-state index contributed by atoms with van der Waals surface area (Å²) in [6.45, 7) is -0.823. The molecule has 2 aromatic carbocycles. The molecule has 4 aromatic rings. The predicted molar refractivity (Wildman–Crippen MR) is 133 cm³/mol. The van der Waals surface area contributed by atoms with E-state index in [2.05, 4.69) is 41.0 Å². The van der Waals surface area contributed by atoms with Crippen LogP contribution in [0.15, 0.2) is 68.3 Å². The molecule has 8 N–H and O–H groups in total. The molecule has 0 radical (unpaired) electrons. The van der Waals surface area contributed by atoms with Gasteiger partial charge in [0, 0.05) is 0 Å². The molecule has 3 atom stereocenters. The number of H-pyrrole nitrogens is 2. The van der Waals surface area contributed by atoms with Gasteiger partial charge in [0.2, 0.25) is 11.9 Å². The van der Waals surface area contributed by atoms with Gasteiger partial charge < -0.3 is 20.4 Å². The van der Waals surface area contributed by atoms with Crippen molar-refractivity contribution < 1.29 is 20.4 Å². The SMILES string of the molecule is O=c1[nH]c(N/N=C/C(=N\Nc2nc3ccccc3c(=O)[nH]2)[C@H](O)[C@H](O)[C@H](O)CO)nc2ccccc12. The van der Waals surface area contributed by atoms with Gasteiger partial charge in [-0.25, -0.2) is 20.8 Å². The zero-order valence-electron chi connectivity index (χ0n) is 18.5. The third kappa shape index (κ3) is 5.42. The van der Waals surface area contributed by atoms with Crippen LogP contribution in [0.4, 0.5) is 11.9 Å². The highest BCUT2D eigenvalue weighted by molar-refractivity contribution is 6.33. The molecule has 2 aromatic heterocycles. The molecule has 0 aliphatic heterocycles. The molecular formula is C22H22N8O6. The summed E-state index contributed by atoms with van der Waals surface area (Å²) in [6.07, 6.45) is -4.34. The van der Waals surface area contributed by atoms with Crippen LogP contribution in [0, 0.1) is 0 Å². The quantitative estimate of drug-likeness (QED) is 0.106. The highest BCUT2D eigenvalue weighted by Crippen LogP contribution is 2.10. The second-order valence-corrected chi connectivity index (χ2v) is 7.57. The van der Waals surface area contributed by atoms with Crippen LogP contribution in [0.25, 0.3) is 21.8 Å². The Balaban J connectivity index is 1.61. The number of aromatic nitrogens is 4. The fourth-order valence-electron chi connectivity index (χ4n) is 3.22. The predicted octanol–water partition coefficient (Wildman–Crippen LogP) is -0.900. The van der Waals surface area contributed by atoms with Crippen molar-refractivity contribution in [1.82, 2.24) is 19.9 Å². The summed E-state index contributed by atoms with van der Waals surface area (Å²) in [6, 6.07) is 13.3. The molecule has 0 saturated carbocycles. The molecule has 0 aliphatic carbocycles. The van der Waals surface area contributed by atoms with E-state index in [0.29, 0.717) is 21.8 Å². The Morgan fingerprint density at radius 2 is 1.42 bits per heavy atom. The first-order chi connectivity index (χ1) is 17.4. The largest absolute Gasteiger partial charge is 0.394 e. The van der Waals surface area contributed by atoms with E-state index in [-0.39, 0.29) is 17.6 Å². The maximum Gasteiger partial charge on any atom is 0.260 e. The van der Waals surface area contributed by atoms with Crippen LogP contribution in [0.2, 0.25) is 0 Å². The summed E-state index contributed by atoms with van der Waals surface area (Å²) in [5, 5.41) is 48.0. The Morgan fingerprint density at radius 1 is 0.889 bits per heavy atom. The first-order valence-electron chi connectivity index (χ1n) is 10.6. The van der Waals surface area contributed by atoms with Crippen LogP contribution >= 0.6 is 0 Å². The van der Waals surface area contributed by atoms with Crippen molar-refractivity contribution in [3.8, 4) is 0 Å². The van der Waals surface area contributed by atoms with Gasteiger partial charge >= 0.3 is 0 Å². The highest BCUT2D eigenvalue weighted by atomic mass is 16.4. The lowest BCUT2D eigenvalue weighted by atomic mass is 10.0. The lowest BCUT2D eigenvalue weighted by Crippen LogP contribution is -2.44. The number of aliphatic hydroxyl groups is 4. The summed E-state index contributed by atoms with van der Waals surface area (Å²) >= 11 is 0. The van der Waals surface area contributed by atoms with E-state index in [1.165, 1.54) is 0 Å². The van der Waals surface area contributed by atoms with Crippen molar-refractivity contribution in [2.75, 3.05) is 17.5 Å². The minimum atomic E-state index is -1.83. The second kappa shape index (κ2) is 10.8. The van der Waals surface area contributed by atoms with Crippen molar-refractivity contribution in [2.24, 2.45) is 10.2 Å². The number of nitrogens with one attached hydrogen (secondary N) is 4. The molecular weight excluding hydrogens is 472 g/mol. The van der Waals surface area contributed by atoms with Gasteiger partial charge in [-0.15, -0.1) is 0 Å². The lowest BCUT2D eigenvalue weighted by molar-refractivity contribution is -0.0548. The van der Waals surface area contributed by atoms with Gasteiger partial charge in [-0.1, -0.05) is 24.3 Å². The van der Waals surface area contributed by atoms with E-state index in [9.17, 15) is 24.9 Å². The van der Waals surface area contributed by atoms with Crippen molar-refractivity contribution in [1.29, 1.82) is 0 Å². The minimum absolute atomic E-state index is 0.00628. The molecule has 14 heteroatoms. The van der Waals surface area contributed by atoms with E-state index in [0.717, 1.165) is 6.21 Å². The summed E-state index contributed by atoms with van der Waals surface area (Å²) in [4.78, 5) is 37.9. The number of fused-ring (bicyclic) bond motifs is 2. The Labute approximate surface area is 201 Å². The van der Waals surface area contributed by atoms with Gasteiger partial charge in [0.05, 0.1) is 34.6 Å². The third-order valence-corrected chi connectivity index (χ3v) is 5.09. The standard InChI is InChI=1S/C22H22N8O6/c31-10-16(32)18(34)17(33)15(28-30-22-25-14-8-4-2-6-12(14)20(36)27-22)9-23-29-21-24-13-7-3-1-5-11(13)19(35)26-21/h1-9,16-18,31-34H,10H2,(H2,24,26,29,35)(H2,25,27,30,36)/b23-9+,28-15+/t16-,17+,18-/m1/s1. The van der Waals surface area contributed by atoms with Crippen LogP contribution in [0.1, 0.15) is 0 Å². The Kier molecular flexibility index (Phi) is 7.41. The van der Waals surface area contributed by atoms with E-state index >= 15 is 0 Å². The number of hydrogen-bond donors (Lipinski definition) is 8. The number of aromatic amines is 2. The Hall–Kier alpha value is -4.50. The van der Waals surface area contributed by atoms with Crippen LogP contribution in [-0.4, -0.2) is 77.2 Å². The normalized spacial score (nSPS) is 14.7. The highest BCUT2D eigenvalue weighted by Gasteiger charge is 2.28. The fraction of sp³-hybridized carbons (Fsp3) is 0.182. The second-order valence-electron chi connectivity index (χ2n) is 7.57. The number of aliphatic hydroxyl groups excluding tert-OH is 4. The molecule has 0 unspecified atom stereocenters. The zero-order valence-corrected chi connectivity index (χ0v) is 18.5. The first-order valence-corrected chi connectivity index (χ1v) is 10.6. The number of rotatable bonds is 9. The van der Waals surface area contributed by atoms with E-state index in [1.807, 2.05) is 0 Å². The maximum atomic E-state index is 12.3. The topological polar surface area (TPSA) is 221 Å². The number of hydrogen-bond acceptors (Lipinski definition) is 12. The molecule has 4 rings (SSSR count). The van der Waals surface area contributed by atoms with Gasteiger partial charge in [-0.05, 0) is 24.3 Å². The molecule has 36 heavy (non-hydrogen) atoms. The van der Waals surface area contributed by atoms with Crippen molar-refractivity contribution in [3.05, 3.63) is 69.2 Å². The third-order valence-electron chi connectivity index (χ3n) is 5.09. The monoisotopic (exact) mass is 494 g/mol. The summed E-state index contributed by atoms with van der Waals surface area (Å²) in [7, 11) is 0. The van der Waals surface area contributed by atoms with Crippen LogP contribution in [0.3, 0.4) is 0 Å². The number of anilines is 2. The summed E-state index contributed by atoms with van der Waals surface area (Å²) in [5.41, 5.74) is 4.61. The molecule has 14 nitrogen and oxygen atoms in total. The van der Waals surface area contributed by atoms with Gasteiger partial charge in [-0.2, -0.15) is 10.2 Å². The molecule has 0 amide bonds.